The van der Waals surface area contributed by atoms with Crippen LogP contribution in [0, 0.1) is 0 Å². The molecule has 2 aromatic rings. The molecule has 0 aromatic carbocycles. The maximum absolute atomic E-state index is 12.9. The van der Waals surface area contributed by atoms with Crippen molar-refractivity contribution in [2.45, 2.75) is 37.7 Å². The van der Waals surface area contributed by atoms with Gasteiger partial charge in [0.15, 0.2) is 0 Å². The van der Waals surface area contributed by atoms with Gasteiger partial charge < -0.3 is 9.64 Å². The third-order valence-corrected chi connectivity index (χ3v) is 5.01. The Morgan fingerprint density at radius 1 is 1.08 bits per heavy atom. The Labute approximate surface area is 140 Å². The molecule has 4 rings (SSSR count). The first kappa shape index (κ1) is 15.3. The minimum atomic E-state index is -0.0139. The standard InChI is InChI=1S/C17H21N5O2/c23-16(14-4-1-5-15(20-14)22-12-18-19-13-22)21-9-2-6-17(8-10-21)7-3-11-24-17/h1,4-5,12-13H,2-3,6-11H2/t17-/m0/s1. The zero-order valence-electron chi connectivity index (χ0n) is 13.6. The summed E-state index contributed by atoms with van der Waals surface area (Å²) in [5, 5.41) is 7.56. The lowest BCUT2D eigenvalue weighted by Crippen LogP contribution is -2.34. The van der Waals surface area contributed by atoms with Crippen LogP contribution in [0.3, 0.4) is 0 Å². The van der Waals surface area contributed by atoms with Gasteiger partial charge in [0.25, 0.3) is 5.91 Å². The van der Waals surface area contributed by atoms with Crippen molar-refractivity contribution in [1.82, 2.24) is 24.6 Å². The van der Waals surface area contributed by atoms with Crippen LogP contribution < -0.4 is 0 Å². The van der Waals surface area contributed by atoms with E-state index >= 15 is 0 Å². The molecule has 0 unspecified atom stereocenters. The van der Waals surface area contributed by atoms with Crippen LogP contribution in [0.2, 0.25) is 0 Å². The van der Waals surface area contributed by atoms with Gasteiger partial charge in [0.2, 0.25) is 0 Å². The minimum Gasteiger partial charge on any atom is -0.375 e. The molecule has 126 valence electrons. The van der Waals surface area contributed by atoms with E-state index in [2.05, 4.69) is 15.2 Å². The van der Waals surface area contributed by atoms with Crippen LogP contribution in [-0.2, 0) is 4.74 Å². The fraction of sp³-hybridized carbons (Fsp3) is 0.529. The molecule has 2 saturated heterocycles. The number of ether oxygens (including phenoxy) is 1. The van der Waals surface area contributed by atoms with Crippen molar-refractivity contribution in [1.29, 1.82) is 0 Å². The average Bonchev–Trinajstić information content (AvgIpc) is 3.25. The fourth-order valence-electron chi connectivity index (χ4n) is 3.69. The van der Waals surface area contributed by atoms with Crippen LogP contribution in [0.15, 0.2) is 30.9 Å². The Bertz CT molecular complexity index is 710. The number of pyridine rings is 1. The second kappa shape index (κ2) is 6.32. The minimum absolute atomic E-state index is 0.00673. The molecule has 0 radical (unpaired) electrons. The zero-order valence-corrected chi connectivity index (χ0v) is 13.6. The number of carbonyl (C=O) groups is 1. The molecule has 2 aliphatic heterocycles. The van der Waals surface area contributed by atoms with E-state index in [0.717, 1.165) is 51.8 Å². The molecule has 0 saturated carbocycles. The summed E-state index contributed by atoms with van der Waals surface area (Å²) in [6.45, 7) is 2.36. The zero-order chi connectivity index (χ0) is 16.4. The summed E-state index contributed by atoms with van der Waals surface area (Å²) in [5.41, 5.74) is 0.469. The molecule has 1 amide bonds. The number of amides is 1. The lowest BCUT2D eigenvalue weighted by molar-refractivity contribution is -0.00693. The highest BCUT2D eigenvalue weighted by Gasteiger charge is 2.37. The van der Waals surface area contributed by atoms with Gasteiger partial charge in [-0.25, -0.2) is 4.98 Å². The first-order chi connectivity index (χ1) is 11.8. The molecular formula is C17H21N5O2. The number of hydrogen-bond acceptors (Lipinski definition) is 5. The van der Waals surface area contributed by atoms with E-state index in [1.165, 1.54) is 0 Å². The van der Waals surface area contributed by atoms with E-state index in [-0.39, 0.29) is 11.5 Å². The summed E-state index contributed by atoms with van der Waals surface area (Å²) >= 11 is 0. The van der Waals surface area contributed by atoms with Crippen molar-refractivity contribution in [2.75, 3.05) is 19.7 Å². The quantitative estimate of drug-likeness (QED) is 0.841. The van der Waals surface area contributed by atoms with E-state index in [1.54, 1.807) is 23.3 Å². The van der Waals surface area contributed by atoms with Crippen molar-refractivity contribution in [3.05, 3.63) is 36.5 Å². The number of rotatable bonds is 2. The summed E-state index contributed by atoms with van der Waals surface area (Å²) in [7, 11) is 0. The van der Waals surface area contributed by atoms with Crippen molar-refractivity contribution in [2.24, 2.45) is 0 Å². The van der Waals surface area contributed by atoms with E-state index in [9.17, 15) is 4.79 Å². The molecule has 7 nitrogen and oxygen atoms in total. The first-order valence-electron chi connectivity index (χ1n) is 8.51. The summed E-state index contributed by atoms with van der Waals surface area (Å²) in [6, 6.07) is 5.45. The Balaban J connectivity index is 1.50. The van der Waals surface area contributed by atoms with Gasteiger partial charge in [-0.15, -0.1) is 10.2 Å². The topological polar surface area (TPSA) is 73.1 Å². The predicted molar refractivity (Wildman–Crippen MR) is 86.8 cm³/mol. The van der Waals surface area contributed by atoms with Crippen molar-refractivity contribution in [3.8, 4) is 5.82 Å². The Kier molecular flexibility index (Phi) is 4.02. The molecule has 2 fully saturated rings. The van der Waals surface area contributed by atoms with Crippen molar-refractivity contribution >= 4 is 5.91 Å². The van der Waals surface area contributed by atoms with Gasteiger partial charge in [-0.1, -0.05) is 6.07 Å². The highest BCUT2D eigenvalue weighted by molar-refractivity contribution is 5.92. The van der Waals surface area contributed by atoms with Crippen LogP contribution in [0.5, 0.6) is 0 Å². The molecule has 1 spiro atoms. The normalized spacial score (nSPS) is 24.2. The first-order valence-corrected chi connectivity index (χ1v) is 8.51. The Morgan fingerprint density at radius 2 is 1.92 bits per heavy atom. The molecule has 4 heterocycles. The number of nitrogens with zero attached hydrogens (tertiary/aromatic N) is 5. The van der Waals surface area contributed by atoms with Crippen molar-refractivity contribution < 1.29 is 9.53 Å². The lowest BCUT2D eigenvalue weighted by Gasteiger charge is -2.26. The molecule has 1 atom stereocenters. The summed E-state index contributed by atoms with van der Waals surface area (Å²) in [4.78, 5) is 19.2. The van der Waals surface area contributed by atoms with Crippen LogP contribution in [0.4, 0.5) is 0 Å². The maximum Gasteiger partial charge on any atom is 0.272 e. The monoisotopic (exact) mass is 327 g/mol. The van der Waals surface area contributed by atoms with Gasteiger partial charge >= 0.3 is 0 Å². The van der Waals surface area contributed by atoms with Gasteiger partial charge in [-0.2, -0.15) is 0 Å². The third-order valence-electron chi connectivity index (χ3n) is 5.01. The van der Waals surface area contributed by atoms with Gasteiger partial charge in [0.1, 0.15) is 24.2 Å². The van der Waals surface area contributed by atoms with E-state index in [1.807, 2.05) is 17.0 Å². The number of aromatic nitrogens is 4. The van der Waals surface area contributed by atoms with Crippen LogP contribution in [0.1, 0.15) is 42.6 Å². The van der Waals surface area contributed by atoms with Gasteiger partial charge in [0, 0.05) is 19.7 Å². The van der Waals surface area contributed by atoms with E-state index in [4.69, 9.17) is 4.74 Å². The average molecular weight is 327 g/mol. The summed E-state index contributed by atoms with van der Waals surface area (Å²) in [6.07, 6.45) is 8.35. The summed E-state index contributed by atoms with van der Waals surface area (Å²) in [5.74, 6) is 0.635. The number of hydrogen-bond donors (Lipinski definition) is 0. The van der Waals surface area contributed by atoms with Gasteiger partial charge in [0.05, 0.1) is 5.60 Å². The molecule has 2 aliphatic rings. The SMILES string of the molecule is O=C(c1cccc(-n2cnnc2)n1)N1CCC[C@]2(CCCO2)CC1. The smallest absolute Gasteiger partial charge is 0.272 e. The van der Waals surface area contributed by atoms with Crippen LogP contribution >= 0.6 is 0 Å². The molecule has 7 heteroatoms. The molecular weight excluding hydrogens is 306 g/mol. The van der Waals surface area contributed by atoms with E-state index in [0.29, 0.717) is 11.5 Å². The Hall–Kier alpha value is -2.28. The molecule has 0 bridgehead atoms. The molecule has 24 heavy (non-hydrogen) atoms. The highest BCUT2D eigenvalue weighted by Crippen LogP contribution is 2.35. The second-order valence-electron chi connectivity index (χ2n) is 6.53. The molecule has 0 aliphatic carbocycles. The Morgan fingerprint density at radius 3 is 2.71 bits per heavy atom. The van der Waals surface area contributed by atoms with E-state index < -0.39 is 0 Å². The predicted octanol–water partition coefficient (Wildman–Crippen LogP) is 1.84. The molecule has 0 N–H and O–H groups in total. The van der Waals surface area contributed by atoms with Crippen LogP contribution in [0.25, 0.3) is 5.82 Å². The maximum atomic E-state index is 12.9. The van der Waals surface area contributed by atoms with Crippen molar-refractivity contribution in [3.63, 3.8) is 0 Å². The van der Waals surface area contributed by atoms with Crippen LogP contribution in [-0.4, -0.2) is 55.9 Å². The second-order valence-corrected chi connectivity index (χ2v) is 6.53. The number of carbonyl (C=O) groups excluding carboxylic acids is 1. The summed E-state index contributed by atoms with van der Waals surface area (Å²) < 4.78 is 7.69. The fourth-order valence-corrected chi connectivity index (χ4v) is 3.69. The highest BCUT2D eigenvalue weighted by atomic mass is 16.5. The lowest BCUT2D eigenvalue weighted by atomic mass is 9.92. The number of likely N-dealkylation sites (tertiary alicyclic amines) is 1. The molecule has 2 aromatic heterocycles. The van der Waals surface area contributed by atoms with Gasteiger partial charge in [-0.3, -0.25) is 9.36 Å². The third kappa shape index (κ3) is 2.91. The van der Waals surface area contributed by atoms with Gasteiger partial charge in [-0.05, 0) is 44.2 Å². The largest absolute Gasteiger partial charge is 0.375 e.